The fourth-order valence-electron chi connectivity index (χ4n) is 0. The Balaban J connectivity index is -0.0000000383. The second-order valence-electron chi connectivity index (χ2n) is 0.774. The van der Waals surface area contributed by atoms with E-state index < -0.39 is 15.1 Å². The van der Waals surface area contributed by atoms with Gasteiger partial charge >= 0.3 is 93.9 Å². The molecule has 11 heteroatoms. The second-order valence-corrected chi connectivity index (χ2v) is 1.67. The van der Waals surface area contributed by atoms with Gasteiger partial charge in [-0.1, -0.05) is 0 Å². The van der Waals surface area contributed by atoms with Gasteiger partial charge in [0.05, 0.1) is 0 Å². The molecule has 2 N–H and O–H groups in total. The van der Waals surface area contributed by atoms with E-state index in [9.17, 15) is 0 Å². The fraction of sp³-hybridized carbons (Fsp3) is 0. The standard InChI is InChI=1S/BH2O3.Ba.Ca.H3O4P/c2-1(3)4;;;1-5(2,3)4/h2-3H;;;(H3,1,2,3,4)/q-1;2*+2;/p-3. The Bertz CT molecular complexity index is 89.6. The Morgan fingerprint density at radius 1 is 1.18 bits per heavy atom. The van der Waals surface area contributed by atoms with E-state index in [1.165, 1.54) is 0 Å². The van der Waals surface area contributed by atoms with E-state index in [1.807, 2.05) is 0 Å². The van der Waals surface area contributed by atoms with Gasteiger partial charge in [-0.2, -0.15) is 7.82 Å². The average molecular weight is 333 g/mol. The molecular weight excluding hydrogens is 331 g/mol. The van der Waals surface area contributed by atoms with Gasteiger partial charge in [0, 0.05) is 0 Å². The van der Waals surface area contributed by atoms with Gasteiger partial charge in [0.1, 0.15) is 0 Å². The van der Waals surface area contributed by atoms with Crippen molar-refractivity contribution < 1.29 is 34.3 Å². The molecule has 0 rings (SSSR count). The minimum atomic E-state index is -5.39. The zero-order valence-electron chi connectivity index (χ0n) is 5.37. The van der Waals surface area contributed by atoms with E-state index in [2.05, 4.69) is 0 Å². The van der Waals surface area contributed by atoms with Gasteiger partial charge in [0.2, 0.25) is 0 Å². The zero-order valence-corrected chi connectivity index (χ0v) is 12.9. The van der Waals surface area contributed by atoms with Crippen LogP contribution in [0.1, 0.15) is 0 Å². The Hall–Kier alpha value is 2.89. The predicted molar refractivity (Wildman–Crippen MR) is 29.3 cm³/mol. The summed E-state index contributed by atoms with van der Waals surface area (Å²) in [7, 11) is -7.81. The van der Waals surface area contributed by atoms with Crippen LogP contribution >= 0.6 is 7.82 Å². The summed E-state index contributed by atoms with van der Waals surface area (Å²) in [6.45, 7) is 0. The second kappa shape index (κ2) is 12.9. The molecule has 0 aromatic heterocycles. The number of phosphoric acid groups is 1. The molecule has 0 aliphatic carbocycles. The van der Waals surface area contributed by atoms with Crippen LogP contribution in [0, 0.1) is 0 Å². The van der Waals surface area contributed by atoms with Gasteiger partial charge in [-0.25, -0.2) is 0 Å². The number of hydrogen-bond acceptors (Lipinski definition) is 7. The third kappa shape index (κ3) is 183. The summed E-state index contributed by atoms with van der Waals surface area (Å²) in [6.07, 6.45) is 0. The third-order valence-electron chi connectivity index (χ3n) is 0. The molecule has 0 saturated heterocycles. The first-order valence-corrected chi connectivity index (χ1v) is 2.94. The minimum absolute atomic E-state index is 0. The fourth-order valence-corrected chi connectivity index (χ4v) is 0. The van der Waals surface area contributed by atoms with Crippen molar-refractivity contribution in [2.45, 2.75) is 0 Å². The normalized spacial score (nSPS) is 7.82. The average Bonchev–Trinajstić information content (AvgIpc) is 1.19. The Morgan fingerprint density at radius 3 is 1.18 bits per heavy atom. The Kier molecular flexibility index (Phi) is 27.6. The molecule has 0 spiro atoms. The summed E-state index contributed by atoms with van der Waals surface area (Å²) >= 11 is 0. The molecule has 0 amide bonds. The van der Waals surface area contributed by atoms with Gasteiger partial charge < -0.3 is 34.3 Å². The van der Waals surface area contributed by atoms with Gasteiger partial charge in [-0.05, 0) is 0 Å². The van der Waals surface area contributed by atoms with Crippen LogP contribution in [0.25, 0.3) is 0 Å². The van der Waals surface area contributed by atoms with Crippen molar-refractivity contribution in [1.29, 1.82) is 0 Å². The van der Waals surface area contributed by atoms with E-state index in [1.54, 1.807) is 0 Å². The summed E-state index contributed by atoms with van der Waals surface area (Å²) in [5.74, 6) is 0. The summed E-state index contributed by atoms with van der Waals surface area (Å²) < 4.78 is 8.55. The van der Waals surface area contributed by atoms with Crippen molar-refractivity contribution in [3.8, 4) is 0 Å². The van der Waals surface area contributed by atoms with Crippen molar-refractivity contribution in [3.63, 3.8) is 0 Å². The van der Waals surface area contributed by atoms with Crippen LogP contribution in [0.2, 0.25) is 0 Å². The first kappa shape index (κ1) is 23.6. The van der Waals surface area contributed by atoms with E-state index in [-0.39, 0.29) is 86.6 Å². The van der Waals surface area contributed by atoms with Crippen LogP contribution < -0.4 is 19.7 Å². The van der Waals surface area contributed by atoms with Crippen LogP contribution in [0.15, 0.2) is 0 Å². The summed E-state index contributed by atoms with van der Waals surface area (Å²) in [5, 5.41) is 22.8. The molecule has 0 bridgehead atoms. The molecule has 0 aliphatic rings. The van der Waals surface area contributed by atoms with Crippen molar-refractivity contribution in [2.24, 2.45) is 0 Å². The van der Waals surface area contributed by atoms with E-state index >= 15 is 0 Å². The topological polar surface area (TPSA) is 150 Å². The molecule has 0 atom stereocenters. The molecule has 56 valence electrons. The molecule has 0 radical (unpaired) electrons. The summed E-state index contributed by atoms with van der Waals surface area (Å²) in [6, 6.07) is 0. The van der Waals surface area contributed by atoms with Crippen LogP contribution in [-0.2, 0) is 4.57 Å². The molecule has 0 saturated carbocycles. The van der Waals surface area contributed by atoms with E-state index in [0.29, 0.717) is 0 Å². The molecule has 0 heterocycles. The molecule has 0 fully saturated rings. The summed E-state index contributed by atoms with van der Waals surface area (Å²) in [4.78, 5) is 25.6. The largest absolute Gasteiger partial charge is 2.00 e. The van der Waals surface area contributed by atoms with Crippen LogP contribution in [0.4, 0.5) is 0 Å². The van der Waals surface area contributed by atoms with Gasteiger partial charge in [-0.3, -0.25) is 0 Å². The Morgan fingerprint density at radius 2 is 1.18 bits per heavy atom. The molecular formula is H2BBaCaO7P. The molecule has 0 unspecified atom stereocenters. The van der Waals surface area contributed by atoms with Crippen molar-refractivity contribution in [3.05, 3.63) is 0 Å². The maximum atomic E-state index is 8.64. The van der Waals surface area contributed by atoms with Crippen LogP contribution in [0.5, 0.6) is 0 Å². The first-order valence-electron chi connectivity index (χ1n) is 1.48. The minimum Gasteiger partial charge on any atom is -0.832 e. The molecule has 0 aromatic rings. The third-order valence-corrected chi connectivity index (χ3v) is 0. The van der Waals surface area contributed by atoms with Gasteiger partial charge in [0.25, 0.3) is 0 Å². The smallest absolute Gasteiger partial charge is 0.832 e. The first-order chi connectivity index (χ1) is 3.73. The van der Waals surface area contributed by atoms with Crippen molar-refractivity contribution >= 4 is 102 Å². The van der Waals surface area contributed by atoms with Crippen molar-refractivity contribution in [2.75, 3.05) is 0 Å². The number of hydrogen-bond donors (Lipinski definition) is 2. The van der Waals surface area contributed by atoms with Crippen LogP contribution in [0.3, 0.4) is 0 Å². The monoisotopic (exact) mass is 334 g/mol. The quantitative estimate of drug-likeness (QED) is 0.331. The molecule has 11 heavy (non-hydrogen) atoms. The predicted octanol–water partition coefficient (Wildman–Crippen LogP) is -6.27. The Labute approximate surface area is 133 Å². The molecule has 7 nitrogen and oxygen atoms in total. The van der Waals surface area contributed by atoms with Gasteiger partial charge in [0.15, 0.2) is 0 Å². The van der Waals surface area contributed by atoms with E-state index in [0.717, 1.165) is 0 Å². The van der Waals surface area contributed by atoms with Crippen molar-refractivity contribution in [1.82, 2.24) is 0 Å². The SMILES string of the molecule is O=P([O-])([O-])[O-].[Ba+2].[Ca+2].[O-]B(O)O. The van der Waals surface area contributed by atoms with Crippen LogP contribution in [-0.4, -0.2) is 104 Å². The number of rotatable bonds is 0. The van der Waals surface area contributed by atoms with Gasteiger partial charge in [-0.15, -0.1) is 0 Å². The molecule has 0 aliphatic heterocycles. The zero-order chi connectivity index (χ0) is 8.08. The molecule has 0 aromatic carbocycles. The summed E-state index contributed by atoms with van der Waals surface area (Å²) in [5.41, 5.74) is 0. The van der Waals surface area contributed by atoms with E-state index in [4.69, 9.17) is 34.3 Å². The maximum Gasteiger partial charge on any atom is 2.00 e. The maximum absolute atomic E-state index is 8.64.